The molecule has 2 aliphatic rings. The standard InChI is InChI=1S/C17H14N4O5S2/c22-10-2-1-4-18-12(10)14-19-8(7-28-14)6-11(23)20-13-15(24)21-9(17(25)26)3-5-27-16(13)21/h1-4,7,13,16,22H,5-6H2,(H,20,23)(H,25,26). The van der Waals surface area contributed by atoms with Gasteiger partial charge in [0.2, 0.25) is 5.91 Å². The molecule has 28 heavy (non-hydrogen) atoms. The van der Waals surface area contributed by atoms with Gasteiger partial charge in [-0.05, 0) is 18.2 Å². The molecule has 3 N–H and O–H groups in total. The van der Waals surface area contributed by atoms with Gasteiger partial charge in [-0.25, -0.2) is 14.8 Å². The van der Waals surface area contributed by atoms with Crippen LogP contribution in [-0.2, 0) is 20.8 Å². The summed E-state index contributed by atoms with van der Waals surface area (Å²) in [5.41, 5.74) is 0.794. The molecule has 4 rings (SSSR count). The van der Waals surface area contributed by atoms with Crippen molar-refractivity contribution < 1.29 is 24.6 Å². The lowest BCUT2D eigenvalue weighted by atomic mass is 10.0. The Hall–Kier alpha value is -2.92. The van der Waals surface area contributed by atoms with Crippen LogP contribution in [0.2, 0.25) is 0 Å². The lowest BCUT2D eigenvalue weighted by molar-refractivity contribution is -0.150. The first-order chi connectivity index (χ1) is 13.5. The molecule has 0 bridgehead atoms. The third kappa shape index (κ3) is 3.22. The quantitative estimate of drug-likeness (QED) is 0.608. The fourth-order valence-corrected chi connectivity index (χ4v) is 5.00. The number of fused-ring (bicyclic) bond motifs is 1. The molecule has 1 fully saturated rings. The minimum Gasteiger partial charge on any atom is -0.506 e. The molecule has 2 aliphatic heterocycles. The van der Waals surface area contributed by atoms with Gasteiger partial charge in [-0.3, -0.25) is 14.5 Å². The monoisotopic (exact) mass is 418 g/mol. The number of nitrogens with zero attached hydrogens (tertiary/aromatic N) is 3. The van der Waals surface area contributed by atoms with Crippen LogP contribution in [0, 0.1) is 0 Å². The second kappa shape index (κ2) is 7.24. The SMILES string of the molecule is O=C(Cc1csc(-c2ncccc2O)n1)NC1C(=O)N2C(C(=O)O)=CCSC12. The second-order valence-corrected chi connectivity index (χ2v) is 8.07. The molecule has 144 valence electrons. The number of nitrogens with one attached hydrogen (secondary N) is 1. The first kappa shape index (κ1) is 18.4. The lowest BCUT2D eigenvalue weighted by Crippen LogP contribution is -2.70. The number of amides is 2. The minimum absolute atomic E-state index is 0.00428. The average Bonchev–Trinajstić information content (AvgIpc) is 3.13. The van der Waals surface area contributed by atoms with E-state index in [-0.39, 0.29) is 23.8 Å². The number of rotatable bonds is 5. The van der Waals surface area contributed by atoms with Crippen LogP contribution in [-0.4, -0.2) is 60.0 Å². The number of carboxylic acids is 1. The predicted octanol–water partition coefficient (Wildman–Crippen LogP) is 0.822. The number of thioether (sulfide) groups is 1. The van der Waals surface area contributed by atoms with Crippen molar-refractivity contribution in [3.8, 4) is 16.5 Å². The largest absolute Gasteiger partial charge is 0.506 e. The maximum absolute atomic E-state index is 12.3. The van der Waals surface area contributed by atoms with Crippen molar-refractivity contribution in [2.75, 3.05) is 5.75 Å². The van der Waals surface area contributed by atoms with Crippen molar-refractivity contribution in [2.24, 2.45) is 0 Å². The Bertz CT molecular complexity index is 1000. The third-order valence-electron chi connectivity index (χ3n) is 4.26. The first-order valence-corrected chi connectivity index (χ1v) is 10.1. The first-order valence-electron chi connectivity index (χ1n) is 8.22. The van der Waals surface area contributed by atoms with Crippen molar-refractivity contribution >= 4 is 40.9 Å². The van der Waals surface area contributed by atoms with Gasteiger partial charge < -0.3 is 15.5 Å². The summed E-state index contributed by atoms with van der Waals surface area (Å²) in [5, 5.41) is 23.4. The Morgan fingerprint density at radius 1 is 1.39 bits per heavy atom. The number of carbonyl (C=O) groups excluding carboxylic acids is 2. The molecule has 4 heterocycles. The van der Waals surface area contributed by atoms with E-state index in [0.29, 0.717) is 22.1 Å². The Kier molecular flexibility index (Phi) is 4.77. The van der Waals surface area contributed by atoms with E-state index in [1.165, 1.54) is 40.1 Å². The molecule has 0 saturated carbocycles. The van der Waals surface area contributed by atoms with E-state index in [0.717, 1.165) is 0 Å². The fraction of sp³-hybridized carbons (Fsp3) is 0.235. The van der Waals surface area contributed by atoms with E-state index < -0.39 is 23.3 Å². The summed E-state index contributed by atoms with van der Waals surface area (Å²) in [5.74, 6) is -1.50. The summed E-state index contributed by atoms with van der Waals surface area (Å²) >= 11 is 2.65. The van der Waals surface area contributed by atoms with E-state index in [4.69, 9.17) is 5.11 Å². The Morgan fingerprint density at radius 3 is 2.96 bits per heavy atom. The summed E-state index contributed by atoms with van der Waals surface area (Å²) in [4.78, 5) is 45.4. The molecule has 0 aromatic carbocycles. The third-order valence-corrected chi connectivity index (χ3v) is 6.35. The van der Waals surface area contributed by atoms with Gasteiger partial charge in [-0.1, -0.05) is 0 Å². The van der Waals surface area contributed by atoms with E-state index in [9.17, 15) is 19.5 Å². The Labute approximate surface area is 167 Å². The maximum Gasteiger partial charge on any atom is 0.352 e. The maximum atomic E-state index is 12.3. The van der Waals surface area contributed by atoms with E-state index >= 15 is 0 Å². The van der Waals surface area contributed by atoms with Crippen molar-refractivity contribution in [1.29, 1.82) is 0 Å². The normalized spacial score (nSPS) is 20.8. The van der Waals surface area contributed by atoms with Crippen LogP contribution in [0.3, 0.4) is 0 Å². The summed E-state index contributed by atoms with van der Waals surface area (Å²) in [6.45, 7) is 0. The zero-order valence-corrected chi connectivity index (χ0v) is 15.9. The molecule has 2 unspecified atom stereocenters. The number of aliphatic carboxylic acids is 1. The number of aromatic nitrogens is 2. The summed E-state index contributed by atoms with van der Waals surface area (Å²) in [6.07, 6.45) is 2.99. The molecule has 1 saturated heterocycles. The number of hydrogen-bond acceptors (Lipinski definition) is 8. The van der Waals surface area contributed by atoms with Crippen LogP contribution < -0.4 is 5.32 Å². The van der Waals surface area contributed by atoms with Crippen LogP contribution >= 0.6 is 23.1 Å². The fourth-order valence-electron chi connectivity index (χ4n) is 2.99. The zero-order chi connectivity index (χ0) is 19.8. The molecule has 2 aromatic heterocycles. The number of aromatic hydroxyl groups is 1. The molecule has 11 heteroatoms. The number of carboxylic acid groups (broad SMARTS) is 1. The highest BCUT2D eigenvalue weighted by atomic mass is 32.2. The predicted molar refractivity (Wildman–Crippen MR) is 101 cm³/mol. The van der Waals surface area contributed by atoms with E-state index in [1.54, 1.807) is 17.6 Å². The van der Waals surface area contributed by atoms with Gasteiger partial charge in [0.25, 0.3) is 5.91 Å². The summed E-state index contributed by atoms with van der Waals surface area (Å²) in [7, 11) is 0. The van der Waals surface area contributed by atoms with Crippen molar-refractivity contribution in [2.45, 2.75) is 17.8 Å². The Morgan fingerprint density at radius 2 is 2.21 bits per heavy atom. The highest BCUT2D eigenvalue weighted by Crippen LogP contribution is 2.37. The molecular formula is C17H14N4O5S2. The molecular weight excluding hydrogens is 404 g/mol. The molecule has 0 radical (unpaired) electrons. The average molecular weight is 418 g/mol. The number of hydrogen-bond donors (Lipinski definition) is 3. The molecule has 2 amide bonds. The van der Waals surface area contributed by atoms with Crippen LogP contribution in [0.5, 0.6) is 5.75 Å². The minimum atomic E-state index is -1.16. The van der Waals surface area contributed by atoms with Gasteiger partial charge in [-0.15, -0.1) is 23.1 Å². The Balaban J connectivity index is 1.40. The highest BCUT2D eigenvalue weighted by molar-refractivity contribution is 8.00. The molecule has 2 atom stereocenters. The summed E-state index contributed by atoms with van der Waals surface area (Å²) in [6, 6.07) is 2.36. The zero-order valence-electron chi connectivity index (χ0n) is 14.2. The van der Waals surface area contributed by atoms with Gasteiger partial charge in [0, 0.05) is 17.3 Å². The second-order valence-electron chi connectivity index (χ2n) is 6.06. The van der Waals surface area contributed by atoms with Crippen molar-refractivity contribution in [3.63, 3.8) is 0 Å². The van der Waals surface area contributed by atoms with E-state index in [1.807, 2.05) is 0 Å². The van der Waals surface area contributed by atoms with Crippen molar-refractivity contribution in [1.82, 2.24) is 20.2 Å². The van der Waals surface area contributed by atoms with Gasteiger partial charge in [0.05, 0.1) is 12.1 Å². The molecule has 0 aliphatic carbocycles. The van der Waals surface area contributed by atoms with Crippen LogP contribution in [0.15, 0.2) is 35.5 Å². The van der Waals surface area contributed by atoms with Gasteiger partial charge in [-0.2, -0.15) is 0 Å². The van der Waals surface area contributed by atoms with Gasteiger partial charge >= 0.3 is 5.97 Å². The molecule has 9 nitrogen and oxygen atoms in total. The highest BCUT2D eigenvalue weighted by Gasteiger charge is 2.52. The number of pyridine rings is 1. The van der Waals surface area contributed by atoms with Crippen LogP contribution in [0.1, 0.15) is 5.69 Å². The number of β-lactam (4-membered cyclic amide) rings is 1. The number of carbonyl (C=O) groups is 3. The number of thiazole rings is 1. The topological polar surface area (TPSA) is 133 Å². The van der Waals surface area contributed by atoms with Crippen LogP contribution in [0.4, 0.5) is 0 Å². The lowest BCUT2D eigenvalue weighted by Gasteiger charge is -2.48. The molecule has 2 aromatic rings. The summed E-state index contributed by atoms with van der Waals surface area (Å²) < 4.78 is 0. The van der Waals surface area contributed by atoms with Gasteiger partial charge in [0.1, 0.15) is 33.6 Å². The van der Waals surface area contributed by atoms with Crippen LogP contribution in [0.25, 0.3) is 10.7 Å². The molecule has 0 spiro atoms. The van der Waals surface area contributed by atoms with Gasteiger partial charge in [0.15, 0.2) is 0 Å². The van der Waals surface area contributed by atoms with Crippen molar-refractivity contribution in [3.05, 3.63) is 41.2 Å². The van der Waals surface area contributed by atoms with E-state index in [2.05, 4.69) is 15.3 Å². The smallest absolute Gasteiger partial charge is 0.352 e.